The fourth-order valence-electron chi connectivity index (χ4n) is 3.93. The van der Waals surface area contributed by atoms with Crippen molar-refractivity contribution in [2.75, 3.05) is 38.2 Å². The zero-order valence-corrected chi connectivity index (χ0v) is 21.3. The molecule has 0 saturated carbocycles. The fraction of sp³-hybridized carbons (Fsp3) is 0.407. The molecule has 4 rings (SSSR count). The van der Waals surface area contributed by atoms with Crippen LogP contribution in [0, 0.1) is 12.8 Å². The molecule has 1 saturated heterocycles. The summed E-state index contributed by atoms with van der Waals surface area (Å²) in [6, 6.07) is 15.2. The lowest BCUT2D eigenvalue weighted by atomic mass is 10.1. The van der Waals surface area contributed by atoms with Crippen molar-refractivity contribution in [1.29, 1.82) is 0 Å². The highest BCUT2D eigenvalue weighted by Crippen LogP contribution is 2.25. The van der Waals surface area contributed by atoms with Crippen molar-refractivity contribution in [1.82, 2.24) is 14.7 Å². The third-order valence-corrected chi connectivity index (χ3v) is 6.10. The number of anilines is 1. The van der Waals surface area contributed by atoms with Crippen molar-refractivity contribution in [3.8, 4) is 5.75 Å². The molecule has 0 bridgehead atoms. The van der Waals surface area contributed by atoms with Gasteiger partial charge in [0.05, 0.1) is 26.4 Å². The minimum atomic E-state index is -0.184. The number of aryl methyl sites for hydroxylation is 1. The molecule has 0 unspecified atom stereocenters. The molecular weight excluding hydrogens is 464 g/mol. The number of rotatable bonds is 9. The maximum absolute atomic E-state index is 12.8. The van der Waals surface area contributed by atoms with E-state index < -0.39 is 0 Å². The minimum absolute atomic E-state index is 0.184. The molecule has 35 heavy (non-hydrogen) atoms. The molecular formula is C27H33ClN4O3. The van der Waals surface area contributed by atoms with E-state index in [4.69, 9.17) is 21.1 Å². The van der Waals surface area contributed by atoms with E-state index in [1.807, 2.05) is 60.1 Å². The Morgan fingerprint density at radius 1 is 1.11 bits per heavy atom. The van der Waals surface area contributed by atoms with Gasteiger partial charge >= 0.3 is 0 Å². The number of ether oxygens (including phenoxy) is 2. The Bertz CT molecular complexity index is 1140. The Morgan fingerprint density at radius 2 is 1.86 bits per heavy atom. The molecule has 186 valence electrons. The van der Waals surface area contributed by atoms with Crippen LogP contribution >= 0.6 is 11.6 Å². The quantitative estimate of drug-likeness (QED) is 0.451. The summed E-state index contributed by atoms with van der Waals surface area (Å²) in [6.07, 6.45) is 0. The van der Waals surface area contributed by atoms with Gasteiger partial charge in [0.1, 0.15) is 5.75 Å². The summed E-state index contributed by atoms with van der Waals surface area (Å²) in [7, 11) is 0. The molecule has 8 heteroatoms. The third kappa shape index (κ3) is 7.07. The predicted molar refractivity (Wildman–Crippen MR) is 138 cm³/mol. The summed E-state index contributed by atoms with van der Waals surface area (Å²) in [5.74, 6) is 1.54. The highest BCUT2D eigenvalue weighted by Gasteiger charge is 2.14. The SMILES string of the molecule is Cc1cc(NC(=O)c2ccc(CN3CCOCC3)cc2)nn1Cc1cc(Cl)ccc1OCC(C)C. The molecule has 1 N–H and O–H groups in total. The van der Waals surface area contributed by atoms with Crippen molar-refractivity contribution in [3.63, 3.8) is 0 Å². The number of benzene rings is 2. The van der Waals surface area contributed by atoms with E-state index in [0.717, 1.165) is 49.9 Å². The Morgan fingerprint density at radius 3 is 2.57 bits per heavy atom. The average Bonchev–Trinajstić information content (AvgIpc) is 3.17. The molecule has 1 aliphatic rings. The van der Waals surface area contributed by atoms with E-state index in [-0.39, 0.29) is 5.91 Å². The van der Waals surface area contributed by atoms with Gasteiger partial charge in [-0.15, -0.1) is 0 Å². The van der Waals surface area contributed by atoms with Crippen molar-refractivity contribution in [2.24, 2.45) is 5.92 Å². The summed E-state index contributed by atoms with van der Waals surface area (Å²) in [5.41, 5.74) is 3.65. The minimum Gasteiger partial charge on any atom is -0.493 e. The van der Waals surface area contributed by atoms with Crippen LogP contribution in [-0.4, -0.2) is 53.5 Å². The molecule has 0 aliphatic carbocycles. The molecule has 1 aromatic heterocycles. The maximum atomic E-state index is 12.8. The number of nitrogens with one attached hydrogen (secondary N) is 1. The van der Waals surface area contributed by atoms with E-state index in [1.54, 1.807) is 0 Å². The standard InChI is InChI=1S/C27H33ClN4O3/c1-19(2)18-35-25-9-8-24(28)15-23(25)17-32-20(3)14-26(30-32)29-27(33)22-6-4-21(5-7-22)16-31-10-12-34-13-11-31/h4-9,14-15,19H,10-13,16-18H2,1-3H3,(H,29,30,33). The van der Waals surface area contributed by atoms with Crippen LogP contribution in [0.15, 0.2) is 48.5 Å². The second kappa shape index (κ2) is 11.7. The largest absolute Gasteiger partial charge is 0.493 e. The number of aromatic nitrogens is 2. The highest BCUT2D eigenvalue weighted by atomic mass is 35.5. The van der Waals surface area contributed by atoms with Gasteiger partial charge in [0.15, 0.2) is 5.82 Å². The van der Waals surface area contributed by atoms with Crippen LogP contribution < -0.4 is 10.1 Å². The van der Waals surface area contributed by atoms with Crippen molar-refractivity contribution in [2.45, 2.75) is 33.9 Å². The van der Waals surface area contributed by atoms with Gasteiger partial charge in [-0.25, -0.2) is 0 Å². The first-order valence-electron chi connectivity index (χ1n) is 12.0. The lowest BCUT2D eigenvalue weighted by Gasteiger charge is -2.26. The number of amides is 1. The second-order valence-corrected chi connectivity index (χ2v) is 9.76. The molecule has 2 aromatic carbocycles. The Labute approximate surface area is 212 Å². The summed E-state index contributed by atoms with van der Waals surface area (Å²) in [4.78, 5) is 15.2. The molecule has 1 amide bonds. The van der Waals surface area contributed by atoms with Gasteiger partial charge in [-0.2, -0.15) is 5.10 Å². The first kappa shape index (κ1) is 25.2. The van der Waals surface area contributed by atoms with E-state index in [2.05, 4.69) is 29.2 Å². The zero-order chi connectivity index (χ0) is 24.8. The van der Waals surface area contributed by atoms with Crippen LogP contribution in [0.25, 0.3) is 0 Å². The van der Waals surface area contributed by atoms with Gasteiger partial charge in [-0.1, -0.05) is 37.6 Å². The summed E-state index contributed by atoms with van der Waals surface area (Å²) < 4.78 is 13.2. The molecule has 7 nitrogen and oxygen atoms in total. The number of halogens is 1. The monoisotopic (exact) mass is 496 g/mol. The highest BCUT2D eigenvalue weighted by molar-refractivity contribution is 6.30. The Hall–Kier alpha value is -2.87. The topological polar surface area (TPSA) is 68.6 Å². The number of nitrogens with zero attached hydrogens (tertiary/aromatic N) is 3. The number of hydrogen-bond acceptors (Lipinski definition) is 5. The van der Waals surface area contributed by atoms with Gasteiger partial charge in [-0.05, 0) is 48.7 Å². The molecule has 3 aromatic rings. The van der Waals surface area contributed by atoms with E-state index >= 15 is 0 Å². The fourth-order valence-corrected chi connectivity index (χ4v) is 4.12. The lowest BCUT2D eigenvalue weighted by molar-refractivity contribution is 0.0342. The number of carbonyl (C=O) groups is 1. The lowest BCUT2D eigenvalue weighted by Crippen LogP contribution is -2.35. The van der Waals surface area contributed by atoms with Gasteiger partial charge in [0, 0.05) is 47.5 Å². The normalized spacial score (nSPS) is 14.3. The van der Waals surface area contributed by atoms with E-state index in [9.17, 15) is 4.79 Å². The zero-order valence-electron chi connectivity index (χ0n) is 20.6. The van der Waals surface area contributed by atoms with Crippen molar-refractivity contribution >= 4 is 23.3 Å². The molecule has 0 spiro atoms. The summed E-state index contributed by atoms with van der Waals surface area (Å²) in [5, 5.41) is 8.16. The van der Waals surface area contributed by atoms with Crippen molar-refractivity contribution < 1.29 is 14.3 Å². The summed E-state index contributed by atoms with van der Waals surface area (Å²) in [6.45, 7) is 11.6. The van der Waals surface area contributed by atoms with Crippen LogP contribution in [0.4, 0.5) is 5.82 Å². The summed E-state index contributed by atoms with van der Waals surface area (Å²) >= 11 is 6.24. The Balaban J connectivity index is 1.40. The van der Waals surface area contributed by atoms with Crippen molar-refractivity contribution in [3.05, 3.63) is 75.9 Å². The number of hydrogen-bond donors (Lipinski definition) is 1. The van der Waals surface area contributed by atoms with Gasteiger partial charge in [-0.3, -0.25) is 14.4 Å². The van der Waals surface area contributed by atoms with Crippen LogP contribution in [0.1, 0.15) is 41.0 Å². The van der Waals surface area contributed by atoms with Crippen LogP contribution in [0.3, 0.4) is 0 Å². The smallest absolute Gasteiger partial charge is 0.256 e. The molecule has 1 aliphatic heterocycles. The van der Waals surface area contributed by atoms with Crippen LogP contribution in [0.2, 0.25) is 5.02 Å². The van der Waals surface area contributed by atoms with Gasteiger partial charge in [0.2, 0.25) is 0 Å². The molecule has 0 radical (unpaired) electrons. The predicted octanol–water partition coefficient (Wildman–Crippen LogP) is 5.01. The average molecular weight is 497 g/mol. The van der Waals surface area contributed by atoms with E-state index in [0.29, 0.717) is 35.5 Å². The second-order valence-electron chi connectivity index (χ2n) is 9.33. The number of carbonyl (C=O) groups excluding carboxylic acids is 1. The third-order valence-electron chi connectivity index (χ3n) is 5.86. The maximum Gasteiger partial charge on any atom is 0.256 e. The molecule has 2 heterocycles. The van der Waals surface area contributed by atoms with Crippen LogP contribution in [0.5, 0.6) is 5.75 Å². The number of morpholine rings is 1. The van der Waals surface area contributed by atoms with E-state index in [1.165, 1.54) is 5.56 Å². The first-order chi connectivity index (χ1) is 16.9. The molecule has 1 fully saturated rings. The first-order valence-corrected chi connectivity index (χ1v) is 12.4. The van der Waals surface area contributed by atoms with Gasteiger partial charge in [0.25, 0.3) is 5.91 Å². The van der Waals surface area contributed by atoms with Gasteiger partial charge < -0.3 is 14.8 Å². The Kier molecular flexibility index (Phi) is 8.44. The van der Waals surface area contributed by atoms with Crippen LogP contribution in [-0.2, 0) is 17.8 Å². The molecule has 0 atom stereocenters.